The molecule has 8 heteroatoms. The summed E-state index contributed by atoms with van der Waals surface area (Å²) in [7, 11) is 0.370. The molecular formula is C20H29N5O2S. The Bertz CT molecular complexity index is 912. The summed E-state index contributed by atoms with van der Waals surface area (Å²) >= 11 is 0. The molecule has 0 saturated carbocycles. The van der Waals surface area contributed by atoms with Gasteiger partial charge in [-0.1, -0.05) is 32.9 Å². The molecule has 0 spiro atoms. The van der Waals surface area contributed by atoms with Crippen LogP contribution in [0.4, 0.5) is 11.8 Å². The van der Waals surface area contributed by atoms with Crippen molar-refractivity contribution in [2.45, 2.75) is 31.1 Å². The quantitative estimate of drug-likeness (QED) is 0.781. The molecule has 1 fully saturated rings. The Morgan fingerprint density at radius 1 is 0.964 bits per heavy atom. The SMILES string of the molecule is CN(C)c1ccnc(N2CCN(S(=O)(=O)c3ccc(C(C)(C)C)cc3)CC2)n1. The first-order chi connectivity index (χ1) is 13.1. The monoisotopic (exact) mass is 403 g/mol. The lowest BCUT2D eigenvalue weighted by Gasteiger charge is -2.34. The van der Waals surface area contributed by atoms with Crippen LogP contribution < -0.4 is 9.80 Å². The van der Waals surface area contributed by atoms with Gasteiger partial charge in [0.1, 0.15) is 5.82 Å². The van der Waals surface area contributed by atoms with Crippen molar-refractivity contribution in [2.24, 2.45) is 0 Å². The van der Waals surface area contributed by atoms with E-state index in [2.05, 4.69) is 30.7 Å². The van der Waals surface area contributed by atoms with Crippen LogP contribution in [-0.2, 0) is 15.4 Å². The molecule has 3 rings (SSSR count). The summed E-state index contributed by atoms with van der Waals surface area (Å²) in [5.41, 5.74) is 1.11. The Kier molecular flexibility index (Phi) is 5.63. The Hall–Kier alpha value is -2.19. The van der Waals surface area contributed by atoms with E-state index in [9.17, 15) is 8.42 Å². The van der Waals surface area contributed by atoms with Crippen molar-refractivity contribution >= 4 is 21.8 Å². The standard InChI is InChI=1S/C20H29N5O2S/c1-20(2,3)16-6-8-17(9-7-16)28(26,27)25-14-12-24(13-15-25)19-21-11-10-18(22-19)23(4)5/h6-11H,12-15H2,1-5H3. The zero-order valence-corrected chi connectivity index (χ0v) is 18.1. The summed E-state index contributed by atoms with van der Waals surface area (Å²) in [6, 6.07) is 9.09. The van der Waals surface area contributed by atoms with E-state index in [0.717, 1.165) is 11.4 Å². The fourth-order valence-corrected chi connectivity index (χ4v) is 4.57. The number of hydrogen-bond acceptors (Lipinski definition) is 6. The number of sulfonamides is 1. The lowest BCUT2D eigenvalue weighted by molar-refractivity contribution is 0.382. The van der Waals surface area contributed by atoms with Crippen LogP contribution in [0.25, 0.3) is 0 Å². The molecule has 152 valence electrons. The molecule has 2 heterocycles. The summed E-state index contributed by atoms with van der Waals surface area (Å²) in [5, 5.41) is 0. The van der Waals surface area contributed by atoms with E-state index in [-0.39, 0.29) is 5.41 Å². The van der Waals surface area contributed by atoms with Crippen molar-refractivity contribution in [3.8, 4) is 0 Å². The molecule has 0 bridgehead atoms. The van der Waals surface area contributed by atoms with Crippen LogP contribution in [0.15, 0.2) is 41.4 Å². The normalized spacial score (nSPS) is 16.2. The van der Waals surface area contributed by atoms with Crippen LogP contribution in [0.1, 0.15) is 26.3 Å². The molecule has 0 N–H and O–H groups in total. The molecule has 0 atom stereocenters. The van der Waals surface area contributed by atoms with E-state index in [1.165, 1.54) is 0 Å². The van der Waals surface area contributed by atoms with Crippen molar-refractivity contribution in [3.63, 3.8) is 0 Å². The summed E-state index contributed by atoms with van der Waals surface area (Å²) in [4.78, 5) is 13.2. The van der Waals surface area contributed by atoms with Gasteiger partial charge in [0.2, 0.25) is 16.0 Å². The second kappa shape index (κ2) is 7.67. The van der Waals surface area contributed by atoms with Crippen molar-refractivity contribution in [3.05, 3.63) is 42.1 Å². The van der Waals surface area contributed by atoms with Gasteiger partial charge >= 0.3 is 0 Å². The van der Waals surface area contributed by atoms with E-state index in [1.54, 1.807) is 22.6 Å². The van der Waals surface area contributed by atoms with Gasteiger partial charge in [0.15, 0.2) is 0 Å². The third kappa shape index (κ3) is 4.28. The number of aromatic nitrogens is 2. The largest absolute Gasteiger partial charge is 0.363 e. The van der Waals surface area contributed by atoms with Crippen molar-refractivity contribution < 1.29 is 8.42 Å². The van der Waals surface area contributed by atoms with Crippen LogP contribution in [0, 0.1) is 0 Å². The minimum atomic E-state index is -3.49. The van der Waals surface area contributed by atoms with Gasteiger partial charge in [-0.3, -0.25) is 0 Å². The first-order valence-corrected chi connectivity index (χ1v) is 10.9. The Labute approximate surface area is 168 Å². The molecule has 7 nitrogen and oxygen atoms in total. The van der Waals surface area contributed by atoms with Crippen LogP contribution >= 0.6 is 0 Å². The second-order valence-electron chi connectivity index (χ2n) is 8.27. The summed E-state index contributed by atoms with van der Waals surface area (Å²) in [6.07, 6.45) is 1.73. The van der Waals surface area contributed by atoms with E-state index in [4.69, 9.17) is 0 Å². The third-order valence-electron chi connectivity index (χ3n) is 4.97. The van der Waals surface area contributed by atoms with Gasteiger partial charge in [0, 0.05) is 46.5 Å². The Balaban J connectivity index is 1.71. The Morgan fingerprint density at radius 3 is 2.11 bits per heavy atom. The first kappa shape index (κ1) is 20.5. The number of hydrogen-bond donors (Lipinski definition) is 0. The van der Waals surface area contributed by atoms with Gasteiger partial charge in [0.05, 0.1) is 4.90 Å². The highest BCUT2D eigenvalue weighted by molar-refractivity contribution is 7.89. The summed E-state index contributed by atoms with van der Waals surface area (Å²) in [5.74, 6) is 1.47. The van der Waals surface area contributed by atoms with Gasteiger partial charge in [0.25, 0.3) is 0 Å². The van der Waals surface area contributed by atoms with Crippen molar-refractivity contribution in [2.75, 3.05) is 50.1 Å². The lowest BCUT2D eigenvalue weighted by atomic mass is 9.87. The number of rotatable bonds is 4. The maximum Gasteiger partial charge on any atom is 0.243 e. The highest BCUT2D eigenvalue weighted by Crippen LogP contribution is 2.25. The van der Waals surface area contributed by atoms with Crippen LogP contribution in [0.5, 0.6) is 0 Å². The molecule has 1 aromatic carbocycles. The zero-order chi connectivity index (χ0) is 20.5. The van der Waals surface area contributed by atoms with E-state index in [0.29, 0.717) is 37.0 Å². The van der Waals surface area contributed by atoms with Crippen LogP contribution in [0.2, 0.25) is 0 Å². The van der Waals surface area contributed by atoms with Gasteiger partial charge < -0.3 is 9.80 Å². The average Bonchev–Trinajstić information content (AvgIpc) is 2.67. The number of piperazine rings is 1. The summed E-state index contributed by atoms with van der Waals surface area (Å²) in [6.45, 7) is 8.31. The maximum absolute atomic E-state index is 13.0. The van der Waals surface area contributed by atoms with E-state index < -0.39 is 10.0 Å². The lowest BCUT2D eigenvalue weighted by Crippen LogP contribution is -2.49. The first-order valence-electron chi connectivity index (χ1n) is 9.45. The zero-order valence-electron chi connectivity index (χ0n) is 17.3. The number of anilines is 2. The molecule has 1 aliphatic rings. The minimum absolute atomic E-state index is 0.00495. The molecular weight excluding hydrogens is 374 g/mol. The highest BCUT2D eigenvalue weighted by atomic mass is 32.2. The van der Waals surface area contributed by atoms with E-state index in [1.807, 2.05) is 42.1 Å². The molecule has 28 heavy (non-hydrogen) atoms. The molecule has 0 radical (unpaired) electrons. The van der Waals surface area contributed by atoms with Gasteiger partial charge in [-0.05, 0) is 29.2 Å². The predicted octanol–water partition coefficient (Wildman–Crippen LogP) is 2.35. The van der Waals surface area contributed by atoms with Crippen LogP contribution in [-0.4, -0.2) is 63.0 Å². The maximum atomic E-state index is 13.0. The van der Waals surface area contributed by atoms with Crippen molar-refractivity contribution in [1.82, 2.24) is 14.3 Å². The molecule has 0 aliphatic carbocycles. The Morgan fingerprint density at radius 2 is 1.57 bits per heavy atom. The fourth-order valence-electron chi connectivity index (χ4n) is 3.15. The van der Waals surface area contributed by atoms with Gasteiger partial charge in [-0.15, -0.1) is 0 Å². The molecule has 1 aliphatic heterocycles. The predicted molar refractivity (Wildman–Crippen MR) is 112 cm³/mol. The molecule has 1 aromatic heterocycles. The smallest absolute Gasteiger partial charge is 0.243 e. The van der Waals surface area contributed by atoms with Gasteiger partial charge in [-0.25, -0.2) is 13.4 Å². The number of nitrogens with zero attached hydrogens (tertiary/aromatic N) is 5. The molecule has 2 aromatic rings. The molecule has 0 amide bonds. The minimum Gasteiger partial charge on any atom is -0.363 e. The fraction of sp³-hybridized carbons (Fsp3) is 0.500. The summed E-state index contributed by atoms with van der Waals surface area (Å²) < 4.78 is 27.6. The second-order valence-corrected chi connectivity index (χ2v) is 10.2. The highest BCUT2D eigenvalue weighted by Gasteiger charge is 2.29. The molecule has 0 unspecified atom stereocenters. The average molecular weight is 404 g/mol. The van der Waals surface area contributed by atoms with Crippen molar-refractivity contribution in [1.29, 1.82) is 0 Å². The van der Waals surface area contributed by atoms with E-state index >= 15 is 0 Å². The van der Waals surface area contributed by atoms with Gasteiger partial charge in [-0.2, -0.15) is 9.29 Å². The topological polar surface area (TPSA) is 69.6 Å². The third-order valence-corrected chi connectivity index (χ3v) is 6.88. The molecule has 1 saturated heterocycles. The van der Waals surface area contributed by atoms with Crippen LogP contribution in [0.3, 0.4) is 0 Å². The number of benzene rings is 1.